The molecule has 1 saturated carbocycles. The molecule has 30 heavy (non-hydrogen) atoms. The first kappa shape index (κ1) is 22.0. The molecular weight excluding hydrogens is 382 g/mol. The Morgan fingerprint density at radius 3 is 2.67 bits per heavy atom. The third-order valence-corrected chi connectivity index (χ3v) is 5.95. The second-order valence-corrected chi connectivity index (χ2v) is 8.47. The summed E-state index contributed by atoms with van der Waals surface area (Å²) in [5.74, 6) is -0.694. The van der Waals surface area contributed by atoms with Crippen molar-refractivity contribution in [1.82, 2.24) is 5.32 Å². The molecular formula is C23H31N3O4. The molecule has 2 amide bonds. The number of carbonyl (C=O) groups is 3. The summed E-state index contributed by atoms with van der Waals surface area (Å²) in [6.07, 6.45) is 3.79. The van der Waals surface area contributed by atoms with Gasteiger partial charge < -0.3 is 10.1 Å². The molecule has 0 aromatic heterocycles. The number of rotatable bonds is 5. The molecule has 0 radical (unpaired) electrons. The Morgan fingerprint density at radius 2 is 1.93 bits per heavy atom. The largest absolute Gasteiger partial charge is 0.448 e. The zero-order valence-electron chi connectivity index (χ0n) is 18.2. The number of carbonyl (C=O) groups excluding carboxylic acids is 3. The molecule has 3 unspecified atom stereocenters. The monoisotopic (exact) mass is 413 g/mol. The molecule has 1 N–H and O–H groups in total. The predicted octanol–water partition coefficient (Wildman–Crippen LogP) is 3.41. The quantitative estimate of drug-likeness (QED) is 0.749. The molecule has 1 fully saturated rings. The number of hydrogen-bond donors (Lipinski definition) is 1. The fourth-order valence-corrected chi connectivity index (χ4v) is 3.95. The van der Waals surface area contributed by atoms with Crippen molar-refractivity contribution in [2.75, 3.05) is 5.01 Å². The number of hydrazone groups is 1. The maximum Gasteiger partial charge on any atom is 0.355 e. The van der Waals surface area contributed by atoms with Gasteiger partial charge in [0.1, 0.15) is 5.71 Å². The maximum absolute atomic E-state index is 12.6. The minimum absolute atomic E-state index is 0.122. The van der Waals surface area contributed by atoms with Gasteiger partial charge in [0, 0.05) is 18.9 Å². The van der Waals surface area contributed by atoms with Gasteiger partial charge in [0.2, 0.25) is 5.91 Å². The van der Waals surface area contributed by atoms with E-state index in [-0.39, 0.29) is 36.4 Å². The van der Waals surface area contributed by atoms with Crippen molar-refractivity contribution in [3.05, 3.63) is 29.3 Å². The molecule has 3 atom stereocenters. The van der Waals surface area contributed by atoms with Crippen LogP contribution in [0.5, 0.6) is 0 Å². The number of anilines is 1. The highest BCUT2D eigenvalue weighted by Crippen LogP contribution is 2.26. The number of amides is 2. The number of esters is 1. The van der Waals surface area contributed by atoms with E-state index in [4.69, 9.17) is 4.74 Å². The first-order valence-electron chi connectivity index (χ1n) is 10.8. The van der Waals surface area contributed by atoms with Gasteiger partial charge in [-0.3, -0.25) is 9.59 Å². The Bertz CT molecular complexity index is 864. The van der Waals surface area contributed by atoms with Crippen molar-refractivity contribution in [3.63, 3.8) is 0 Å². The zero-order valence-corrected chi connectivity index (χ0v) is 18.2. The molecule has 1 aromatic rings. The van der Waals surface area contributed by atoms with Crippen LogP contribution in [0.3, 0.4) is 0 Å². The Hall–Kier alpha value is -2.70. The lowest BCUT2D eigenvalue weighted by Crippen LogP contribution is -2.46. The zero-order chi connectivity index (χ0) is 21.8. The van der Waals surface area contributed by atoms with E-state index < -0.39 is 12.1 Å². The summed E-state index contributed by atoms with van der Waals surface area (Å²) in [4.78, 5) is 37.5. The number of benzene rings is 1. The van der Waals surface area contributed by atoms with Crippen molar-refractivity contribution in [3.8, 4) is 0 Å². The van der Waals surface area contributed by atoms with Gasteiger partial charge >= 0.3 is 5.97 Å². The summed E-state index contributed by atoms with van der Waals surface area (Å²) in [5.41, 5.74) is 2.69. The number of ether oxygens (including phenoxy) is 1. The predicted molar refractivity (Wildman–Crippen MR) is 115 cm³/mol. The number of nitrogens with zero attached hydrogens (tertiary/aromatic N) is 2. The molecule has 0 spiro atoms. The summed E-state index contributed by atoms with van der Waals surface area (Å²) in [5, 5.41) is 8.56. The summed E-state index contributed by atoms with van der Waals surface area (Å²) < 4.78 is 5.38. The van der Waals surface area contributed by atoms with Crippen LogP contribution < -0.4 is 10.3 Å². The van der Waals surface area contributed by atoms with Gasteiger partial charge in [0.15, 0.2) is 6.10 Å². The highest BCUT2D eigenvalue weighted by Gasteiger charge is 2.30. The number of hydrogen-bond acceptors (Lipinski definition) is 5. The van der Waals surface area contributed by atoms with E-state index in [2.05, 4.69) is 17.3 Å². The third kappa shape index (κ3) is 5.07. The average Bonchev–Trinajstić information content (AvgIpc) is 2.71. The first-order valence-corrected chi connectivity index (χ1v) is 10.8. The lowest BCUT2D eigenvalue weighted by molar-refractivity contribution is -0.149. The van der Waals surface area contributed by atoms with Gasteiger partial charge in [-0.2, -0.15) is 10.1 Å². The molecule has 1 aliphatic heterocycles. The minimum Gasteiger partial charge on any atom is -0.448 e. The lowest BCUT2D eigenvalue weighted by atomic mass is 9.86. The average molecular weight is 414 g/mol. The van der Waals surface area contributed by atoms with E-state index in [9.17, 15) is 14.4 Å². The van der Waals surface area contributed by atoms with Gasteiger partial charge in [0.05, 0.1) is 5.69 Å². The van der Waals surface area contributed by atoms with Gasteiger partial charge in [-0.05, 0) is 56.7 Å². The van der Waals surface area contributed by atoms with Gasteiger partial charge in [-0.25, -0.2) is 4.79 Å². The number of aryl methyl sites for hydroxylation is 2. The van der Waals surface area contributed by atoms with E-state index in [0.29, 0.717) is 11.6 Å². The van der Waals surface area contributed by atoms with Crippen LogP contribution in [0.2, 0.25) is 0 Å². The number of nitrogens with one attached hydrogen (secondary N) is 1. The summed E-state index contributed by atoms with van der Waals surface area (Å²) in [6, 6.07) is 5.86. The van der Waals surface area contributed by atoms with Crippen LogP contribution in [0.4, 0.5) is 5.69 Å². The Balaban J connectivity index is 1.67. The van der Waals surface area contributed by atoms with E-state index in [1.165, 1.54) is 11.4 Å². The molecule has 7 nitrogen and oxygen atoms in total. The lowest BCUT2D eigenvalue weighted by Gasteiger charge is -2.30. The van der Waals surface area contributed by atoms with Gasteiger partial charge in [-0.1, -0.05) is 31.9 Å². The molecule has 0 saturated heterocycles. The smallest absolute Gasteiger partial charge is 0.355 e. The second kappa shape index (κ2) is 9.41. The minimum atomic E-state index is -0.916. The Kier molecular flexibility index (Phi) is 6.90. The van der Waals surface area contributed by atoms with Crippen LogP contribution >= 0.6 is 0 Å². The van der Waals surface area contributed by atoms with E-state index in [1.807, 2.05) is 32.0 Å². The van der Waals surface area contributed by atoms with Gasteiger partial charge in [-0.15, -0.1) is 0 Å². The SMILES string of the molecule is Cc1ccc(C)c(N2N=C(C(=O)OC(C)C(=O)NC3CCCCC3C)CCC2=O)c1. The molecule has 3 rings (SSSR count). The normalized spacial score (nSPS) is 22.9. The van der Waals surface area contributed by atoms with Crippen molar-refractivity contribution < 1.29 is 19.1 Å². The van der Waals surface area contributed by atoms with Crippen LogP contribution in [-0.4, -0.2) is 35.6 Å². The maximum atomic E-state index is 12.6. The van der Waals surface area contributed by atoms with Crippen molar-refractivity contribution in [1.29, 1.82) is 0 Å². The van der Waals surface area contributed by atoms with E-state index in [1.54, 1.807) is 6.92 Å². The second-order valence-electron chi connectivity index (χ2n) is 8.47. The Labute approximate surface area is 177 Å². The van der Waals surface area contributed by atoms with Gasteiger partial charge in [0.25, 0.3) is 5.91 Å². The standard InChI is InChI=1S/C23H31N3O4/c1-14-9-10-16(3)20(13-14)26-21(27)12-11-19(25-26)23(29)30-17(4)22(28)24-18-8-6-5-7-15(18)2/h9-10,13,15,17-18H,5-8,11-12H2,1-4H3,(H,24,28). The summed E-state index contributed by atoms with van der Waals surface area (Å²) in [7, 11) is 0. The summed E-state index contributed by atoms with van der Waals surface area (Å²) >= 11 is 0. The topological polar surface area (TPSA) is 88.1 Å². The van der Waals surface area contributed by atoms with Crippen LogP contribution in [0.15, 0.2) is 23.3 Å². The molecule has 1 aliphatic carbocycles. The first-order chi connectivity index (χ1) is 14.3. The highest BCUT2D eigenvalue weighted by molar-refractivity contribution is 6.38. The molecule has 2 aliphatic rings. The molecule has 7 heteroatoms. The van der Waals surface area contributed by atoms with Crippen molar-refractivity contribution in [2.24, 2.45) is 11.0 Å². The van der Waals surface area contributed by atoms with Crippen LogP contribution in [0.25, 0.3) is 0 Å². The van der Waals surface area contributed by atoms with Crippen LogP contribution in [-0.2, 0) is 19.1 Å². The molecule has 1 heterocycles. The fourth-order valence-electron chi connectivity index (χ4n) is 3.95. The third-order valence-electron chi connectivity index (χ3n) is 5.95. The van der Waals surface area contributed by atoms with Crippen LogP contribution in [0, 0.1) is 19.8 Å². The molecule has 162 valence electrons. The molecule has 0 bridgehead atoms. The van der Waals surface area contributed by atoms with Crippen molar-refractivity contribution in [2.45, 2.75) is 78.4 Å². The van der Waals surface area contributed by atoms with E-state index in [0.717, 1.165) is 30.4 Å². The summed E-state index contributed by atoms with van der Waals surface area (Å²) in [6.45, 7) is 7.53. The Morgan fingerprint density at radius 1 is 1.20 bits per heavy atom. The fraction of sp³-hybridized carbons (Fsp3) is 0.565. The van der Waals surface area contributed by atoms with Crippen molar-refractivity contribution >= 4 is 29.2 Å². The van der Waals surface area contributed by atoms with E-state index >= 15 is 0 Å². The van der Waals surface area contributed by atoms with Crippen LogP contribution in [0.1, 0.15) is 63.5 Å². The highest BCUT2D eigenvalue weighted by atomic mass is 16.5. The molecule has 1 aromatic carbocycles.